The van der Waals surface area contributed by atoms with E-state index in [9.17, 15) is 18.0 Å². The first-order valence-electron chi connectivity index (χ1n) is 14.6. The molecular formula is C32H35F3N4O. The predicted octanol–water partition coefficient (Wildman–Crippen LogP) is 6.32. The zero-order chi connectivity index (χ0) is 27.5. The van der Waals surface area contributed by atoms with Gasteiger partial charge >= 0.3 is 6.18 Å². The number of nitrogens with zero attached hydrogens (tertiary/aromatic N) is 4. The summed E-state index contributed by atoms with van der Waals surface area (Å²) in [5.74, 6) is 2.27. The monoisotopic (exact) mass is 548 g/mol. The van der Waals surface area contributed by atoms with Crippen LogP contribution < -0.4 is 0 Å². The van der Waals surface area contributed by atoms with E-state index in [0.29, 0.717) is 38.3 Å². The summed E-state index contributed by atoms with van der Waals surface area (Å²) in [5, 5.41) is 5.15. The Hall–Kier alpha value is -3.13. The lowest BCUT2D eigenvalue weighted by molar-refractivity contribution is -0.137. The van der Waals surface area contributed by atoms with Gasteiger partial charge in [0.25, 0.3) is 5.91 Å². The van der Waals surface area contributed by atoms with E-state index in [1.165, 1.54) is 31.4 Å². The molecule has 1 aromatic heterocycles. The van der Waals surface area contributed by atoms with Crippen molar-refractivity contribution in [2.75, 3.05) is 26.2 Å². The van der Waals surface area contributed by atoms with Crippen LogP contribution in [0.5, 0.6) is 0 Å². The number of benzene rings is 2. The van der Waals surface area contributed by atoms with Crippen LogP contribution >= 0.6 is 0 Å². The van der Waals surface area contributed by atoms with Crippen molar-refractivity contribution >= 4 is 5.91 Å². The van der Waals surface area contributed by atoms with Crippen molar-refractivity contribution in [1.29, 1.82) is 0 Å². The summed E-state index contributed by atoms with van der Waals surface area (Å²) in [5.41, 5.74) is 2.70. The molecular weight excluding hydrogens is 513 g/mol. The molecule has 0 spiro atoms. The first-order valence-corrected chi connectivity index (χ1v) is 14.6. The summed E-state index contributed by atoms with van der Waals surface area (Å²) in [6.07, 6.45) is 4.99. The quantitative estimate of drug-likeness (QED) is 0.375. The third-order valence-electron chi connectivity index (χ3n) is 9.83. The van der Waals surface area contributed by atoms with Gasteiger partial charge < -0.3 is 4.90 Å². The van der Waals surface area contributed by atoms with Crippen LogP contribution in [0.15, 0.2) is 60.8 Å². The third kappa shape index (κ3) is 4.74. The largest absolute Gasteiger partial charge is 0.416 e. The standard InChI is InChI=1S/C32H35F3N4O/c33-32(34,35)26-6-4-5-22(16-26)20-37-9-11-38(12-10-37)30(40)28-21-39(27-7-2-1-3-8-27)36-29(28)31-17-23-13-24(18-31)15-25(14-23)19-31/h1-8,16,21,23-25H,9-15,17-20H2. The second-order valence-electron chi connectivity index (χ2n) is 12.6. The van der Waals surface area contributed by atoms with Crippen LogP contribution in [0.2, 0.25) is 0 Å². The van der Waals surface area contributed by atoms with Gasteiger partial charge in [-0.1, -0.05) is 36.4 Å². The first kappa shape index (κ1) is 25.8. The van der Waals surface area contributed by atoms with Gasteiger partial charge in [0, 0.05) is 44.3 Å². The van der Waals surface area contributed by atoms with E-state index in [0.717, 1.165) is 60.0 Å². The van der Waals surface area contributed by atoms with Gasteiger partial charge in [-0.2, -0.15) is 18.3 Å². The highest BCUT2D eigenvalue weighted by atomic mass is 19.4. The Morgan fingerprint density at radius 2 is 1.52 bits per heavy atom. The molecule has 1 saturated heterocycles. The van der Waals surface area contributed by atoms with Crippen LogP contribution in [-0.2, 0) is 18.1 Å². The summed E-state index contributed by atoms with van der Waals surface area (Å²) in [7, 11) is 0. The van der Waals surface area contributed by atoms with Gasteiger partial charge in [0.05, 0.1) is 22.5 Å². The Morgan fingerprint density at radius 3 is 2.15 bits per heavy atom. The number of rotatable bonds is 5. The first-order chi connectivity index (χ1) is 19.3. The Balaban J connectivity index is 1.12. The second kappa shape index (κ2) is 9.75. The summed E-state index contributed by atoms with van der Waals surface area (Å²) in [6.45, 7) is 2.79. The normalized spacial score (nSPS) is 28.3. The Bertz CT molecular complexity index is 1360. The third-order valence-corrected chi connectivity index (χ3v) is 9.83. The number of carbonyl (C=O) groups excluding carboxylic acids is 1. The van der Waals surface area contributed by atoms with E-state index < -0.39 is 11.7 Å². The average molecular weight is 549 g/mol. The summed E-state index contributed by atoms with van der Waals surface area (Å²) >= 11 is 0. The zero-order valence-corrected chi connectivity index (χ0v) is 22.6. The van der Waals surface area contributed by atoms with Crippen LogP contribution in [-0.4, -0.2) is 51.7 Å². The predicted molar refractivity (Wildman–Crippen MR) is 146 cm³/mol. The maximum absolute atomic E-state index is 14.1. The fourth-order valence-corrected chi connectivity index (χ4v) is 8.42. The topological polar surface area (TPSA) is 41.4 Å². The van der Waals surface area contributed by atoms with Gasteiger partial charge in [0.1, 0.15) is 0 Å². The van der Waals surface area contributed by atoms with Gasteiger partial charge in [-0.3, -0.25) is 9.69 Å². The van der Waals surface area contributed by atoms with Crippen LogP contribution in [0, 0.1) is 17.8 Å². The molecule has 5 aliphatic rings. The van der Waals surface area contributed by atoms with Gasteiger partial charge in [0.2, 0.25) is 0 Å². The van der Waals surface area contributed by atoms with E-state index in [1.807, 2.05) is 46.1 Å². The molecule has 1 amide bonds. The number of hydrogen-bond acceptors (Lipinski definition) is 3. The number of para-hydroxylation sites is 1. The number of hydrogen-bond donors (Lipinski definition) is 0. The highest BCUT2D eigenvalue weighted by Crippen LogP contribution is 2.61. The maximum Gasteiger partial charge on any atom is 0.416 e. The van der Waals surface area contributed by atoms with E-state index in [4.69, 9.17) is 5.10 Å². The molecule has 2 heterocycles. The molecule has 5 fully saturated rings. The molecule has 8 rings (SSSR count). The number of piperazine rings is 1. The molecule has 0 atom stereocenters. The lowest BCUT2D eigenvalue weighted by Crippen LogP contribution is -2.51. The molecule has 0 radical (unpaired) electrons. The number of alkyl halides is 3. The van der Waals surface area contributed by atoms with Crippen molar-refractivity contribution in [3.05, 3.63) is 83.2 Å². The zero-order valence-electron chi connectivity index (χ0n) is 22.6. The molecule has 4 saturated carbocycles. The smallest absolute Gasteiger partial charge is 0.336 e. The molecule has 8 heteroatoms. The van der Waals surface area contributed by atoms with Gasteiger partial charge in [-0.05, 0) is 80.0 Å². The van der Waals surface area contributed by atoms with Crippen molar-refractivity contribution < 1.29 is 18.0 Å². The fraction of sp³-hybridized carbons (Fsp3) is 0.500. The highest BCUT2D eigenvalue weighted by Gasteiger charge is 2.54. The Labute approximate surface area is 233 Å². The van der Waals surface area contributed by atoms with Crippen molar-refractivity contribution in [2.45, 2.75) is 56.7 Å². The molecule has 0 N–H and O–H groups in total. The minimum absolute atomic E-state index is 0.00883. The molecule has 2 aromatic carbocycles. The minimum Gasteiger partial charge on any atom is -0.336 e. The summed E-state index contributed by atoms with van der Waals surface area (Å²) in [6, 6.07) is 15.6. The Kier molecular flexibility index (Phi) is 6.29. The average Bonchev–Trinajstić information content (AvgIpc) is 3.39. The van der Waals surface area contributed by atoms with Crippen molar-refractivity contribution in [1.82, 2.24) is 19.6 Å². The van der Waals surface area contributed by atoms with Crippen LogP contribution in [0.4, 0.5) is 13.2 Å². The van der Waals surface area contributed by atoms with E-state index in [-0.39, 0.29) is 11.3 Å². The van der Waals surface area contributed by atoms with Gasteiger partial charge in [-0.25, -0.2) is 4.68 Å². The SMILES string of the molecule is O=C(c1cn(-c2ccccc2)nc1C12CC3CC(CC(C3)C1)C2)N1CCN(Cc2cccc(C(F)(F)F)c2)CC1. The summed E-state index contributed by atoms with van der Waals surface area (Å²) in [4.78, 5) is 18.2. The lowest BCUT2D eigenvalue weighted by atomic mass is 9.48. The summed E-state index contributed by atoms with van der Waals surface area (Å²) < 4.78 is 41.4. The van der Waals surface area contributed by atoms with Crippen molar-refractivity contribution in [2.24, 2.45) is 17.8 Å². The molecule has 1 aliphatic heterocycles. The second-order valence-corrected chi connectivity index (χ2v) is 12.6. The molecule has 4 bridgehead atoms. The minimum atomic E-state index is -4.35. The lowest BCUT2D eigenvalue weighted by Gasteiger charge is -2.56. The number of aromatic nitrogens is 2. The molecule has 3 aromatic rings. The molecule has 0 unspecified atom stereocenters. The van der Waals surface area contributed by atoms with E-state index in [1.54, 1.807) is 6.07 Å². The van der Waals surface area contributed by atoms with E-state index >= 15 is 0 Å². The molecule has 210 valence electrons. The molecule has 4 aliphatic carbocycles. The van der Waals surface area contributed by atoms with Gasteiger partial charge in [0.15, 0.2) is 0 Å². The van der Waals surface area contributed by atoms with Crippen LogP contribution in [0.3, 0.4) is 0 Å². The number of carbonyl (C=O) groups is 1. The van der Waals surface area contributed by atoms with Crippen LogP contribution in [0.1, 0.15) is 65.7 Å². The van der Waals surface area contributed by atoms with Crippen LogP contribution in [0.25, 0.3) is 5.69 Å². The molecule has 5 nitrogen and oxygen atoms in total. The van der Waals surface area contributed by atoms with E-state index in [2.05, 4.69) is 4.90 Å². The molecule has 40 heavy (non-hydrogen) atoms. The van der Waals surface area contributed by atoms with Gasteiger partial charge in [-0.15, -0.1) is 0 Å². The number of halogens is 3. The fourth-order valence-electron chi connectivity index (χ4n) is 8.42. The van der Waals surface area contributed by atoms with Crippen molar-refractivity contribution in [3.8, 4) is 5.69 Å². The number of amides is 1. The van der Waals surface area contributed by atoms with Crippen molar-refractivity contribution in [3.63, 3.8) is 0 Å². The highest BCUT2D eigenvalue weighted by molar-refractivity contribution is 5.95. The Morgan fingerprint density at radius 1 is 0.875 bits per heavy atom. The maximum atomic E-state index is 14.1.